The zero-order valence-corrected chi connectivity index (χ0v) is 10.5. The smallest absolute Gasteiger partial charge is 0.0992 e. The van der Waals surface area contributed by atoms with E-state index in [4.69, 9.17) is 21.6 Å². The predicted octanol–water partition coefficient (Wildman–Crippen LogP) is 2.48. The zero-order valence-electron chi connectivity index (χ0n) is 9.74. The summed E-state index contributed by atoms with van der Waals surface area (Å²) in [5.41, 5.74) is 1.61. The first-order valence-electron chi connectivity index (χ1n) is 5.74. The highest BCUT2D eigenvalue weighted by Crippen LogP contribution is 2.19. The van der Waals surface area contributed by atoms with E-state index in [1.54, 1.807) is 12.1 Å². The maximum absolute atomic E-state index is 8.75. The number of hydrogen-bond acceptors (Lipinski definition) is 3. The van der Waals surface area contributed by atoms with Crippen LogP contribution in [0.25, 0.3) is 0 Å². The van der Waals surface area contributed by atoms with E-state index >= 15 is 0 Å². The van der Waals surface area contributed by atoms with Crippen LogP contribution in [0.2, 0.25) is 5.02 Å². The fourth-order valence-electron chi connectivity index (χ4n) is 2.00. The molecule has 17 heavy (non-hydrogen) atoms. The Hall–Kier alpha value is -1.08. The first kappa shape index (κ1) is 12.4. The average Bonchev–Trinajstić information content (AvgIpc) is 2.73. The van der Waals surface area contributed by atoms with Crippen LogP contribution in [0.1, 0.15) is 24.5 Å². The van der Waals surface area contributed by atoms with Gasteiger partial charge in [0, 0.05) is 24.2 Å². The highest BCUT2D eigenvalue weighted by Gasteiger charge is 2.23. The summed E-state index contributed by atoms with van der Waals surface area (Å²) in [4.78, 5) is 0. The van der Waals surface area contributed by atoms with Gasteiger partial charge in [0.05, 0.1) is 17.7 Å². The molecule has 1 heterocycles. The molecule has 0 spiro atoms. The SMILES string of the molecule is CC1OCCC1NCc1ccc(C#N)cc1Cl. The highest BCUT2D eigenvalue weighted by atomic mass is 35.5. The molecule has 0 radical (unpaired) electrons. The first-order chi connectivity index (χ1) is 8.20. The van der Waals surface area contributed by atoms with Crippen molar-refractivity contribution in [3.05, 3.63) is 34.3 Å². The first-order valence-corrected chi connectivity index (χ1v) is 6.12. The summed E-state index contributed by atoms with van der Waals surface area (Å²) in [6.45, 7) is 3.61. The molecular formula is C13H15ClN2O. The lowest BCUT2D eigenvalue weighted by molar-refractivity contribution is 0.113. The van der Waals surface area contributed by atoms with E-state index < -0.39 is 0 Å². The largest absolute Gasteiger partial charge is 0.377 e. The molecule has 0 aromatic heterocycles. The summed E-state index contributed by atoms with van der Waals surface area (Å²) in [7, 11) is 0. The third kappa shape index (κ3) is 2.98. The molecule has 90 valence electrons. The molecule has 4 heteroatoms. The van der Waals surface area contributed by atoms with Gasteiger partial charge in [-0.3, -0.25) is 0 Å². The van der Waals surface area contributed by atoms with Gasteiger partial charge in [0.25, 0.3) is 0 Å². The van der Waals surface area contributed by atoms with Crippen molar-refractivity contribution < 1.29 is 4.74 Å². The molecule has 2 atom stereocenters. The van der Waals surface area contributed by atoms with Crippen molar-refractivity contribution in [2.45, 2.75) is 32.0 Å². The van der Waals surface area contributed by atoms with Crippen LogP contribution in [0.15, 0.2) is 18.2 Å². The number of nitrogens with zero attached hydrogens (tertiary/aromatic N) is 1. The van der Waals surface area contributed by atoms with Crippen LogP contribution in [0.4, 0.5) is 0 Å². The molecule has 2 rings (SSSR count). The summed E-state index contributed by atoms with van der Waals surface area (Å²) < 4.78 is 5.48. The van der Waals surface area contributed by atoms with E-state index in [9.17, 15) is 0 Å². The average molecular weight is 251 g/mol. The molecule has 1 saturated heterocycles. The van der Waals surface area contributed by atoms with Gasteiger partial charge in [0.15, 0.2) is 0 Å². The lowest BCUT2D eigenvalue weighted by Crippen LogP contribution is -2.34. The maximum atomic E-state index is 8.75. The molecule has 1 aliphatic rings. The quantitative estimate of drug-likeness (QED) is 0.897. The predicted molar refractivity (Wildman–Crippen MR) is 66.8 cm³/mol. The van der Waals surface area contributed by atoms with Gasteiger partial charge in [-0.2, -0.15) is 5.26 Å². The minimum Gasteiger partial charge on any atom is -0.377 e. The van der Waals surface area contributed by atoms with Gasteiger partial charge >= 0.3 is 0 Å². The highest BCUT2D eigenvalue weighted by molar-refractivity contribution is 6.31. The van der Waals surface area contributed by atoms with E-state index in [1.165, 1.54) is 0 Å². The topological polar surface area (TPSA) is 45.0 Å². The number of ether oxygens (including phenoxy) is 1. The third-order valence-corrected chi connectivity index (χ3v) is 3.46. The molecule has 1 aliphatic heterocycles. The van der Waals surface area contributed by atoms with Crippen molar-refractivity contribution in [2.75, 3.05) is 6.61 Å². The Morgan fingerprint density at radius 1 is 1.59 bits per heavy atom. The summed E-state index contributed by atoms with van der Waals surface area (Å²) in [5.74, 6) is 0. The van der Waals surface area contributed by atoms with Crippen LogP contribution in [0, 0.1) is 11.3 Å². The Labute approximate surface area is 106 Å². The molecule has 2 unspecified atom stereocenters. The normalized spacial score (nSPS) is 23.6. The van der Waals surface area contributed by atoms with Gasteiger partial charge in [-0.25, -0.2) is 0 Å². The number of nitrogens with one attached hydrogen (secondary N) is 1. The van der Waals surface area contributed by atoms with Crippen LogP contribution in [-0.2, 0) is 11.3 Å². The van der Waals surface area contributed by atoms with Crippen molar-refractivity contribution in [3.63, 3.8) is 0 Å². The molecule has 0 bridgehead atoms. The molecule has 0 saturated carbocycles. The number of rotatable bonds is 3. The van der Waals surface area contributed by atoms with Gasteiger partial charge < -0.3 is 10.1 Å². The summed E-state index contributed by atoms with van der Waals surface area (Å²) >= 11 is 6.11. The van der Waals surface area contributed by atoms with Crippen LogP contribution >= 0.6 is 11.6 Å². The maximum Gasteiger partial charge on any atom is 0.0992 e. The third-order valence-electron chi connectivity index (χ3n) is 3.11. The van der Waals surface area contributed by atoms with Crippen LogP contribution < -0.4 is 5.32 Å². The molecule has 3 nitrogen and oxygen atoms in total. The van der Waals surface area contributed by atoms with E-state index in [-0.39, 0.29) is 6.10 Å². The van der Waals surface area contributed by atoms with E-state index in [0.29, 0.717) is 23.2 Å². The lowest BCUT2D eigenvalue weighted by atomic mass is 10.1. The molecular weight excluding hydrogens is 236 g/mol. The van der Waals surface area contributed by atoms with Crippen molar-refractivity contribution >= 4 is 11.6 Å². The number of halogens is 1. The fourth-order valence-corrected chi connectivity index (χ4v) is 2.25. The Morgan fingerprint density at radius 3 is 3.00 bits per heavy atom. The molecule has 1 aromatic carbocycles. The second-order valence-corrected chi connectivity index (χ2v) is 4.68. The summed E-state index contributed by atoms with van der Waals surface area (Å²) in [6.07, 6.45) is 1.29. The van der Waals surface area contributed by atoms with Crippen LogP contribution in [0.5, 0.6) is 0 Å². The Morgan fingerprint density at radius 2 is 2.41 bits per heavy atom. The zero-order chi connectivity index (χ0) is 12.3. The molecule has 0 amide bonds. The van der Waals surface area contributed by atoms with Crippen molar-refractivity contribution in [1.29, 1.82) is 5.26 Å². The van der Waals surface area contributed by atoms with E-state index in [2.05, 4.69) is 18.3 Å². The monoisotopic (exact) mass is 250 g/mol. The van der Waals surface area contributed by atoms with Crippen molar-refractivity contribution in [2.24, 2.45) is 0 Å². The van der Waals surface area contributed by atoms with E-state index in [0.717, 1.165) is 18.6 Å². The van der Waals surface area contributed by atoms with Crippen LogP contribution in [0.3, 0.4) is 0 Å². The molecule has 0 aliphatic carbocycles. The number of nitriles is 1. The standard InChI is InChI=1S/C13H15ClN2O/c1-9-13(4-5-17-9)16-8-11-3-2-10(7-15)6-12(11)14/h2-3,6,9,13,16H,4-5,8H2,1H3. The fraction of sp³-hybridized carbons (Fsp3) is 0.462. The van der Waals surface area contributed by atoms with Gasteiger partial charge in [0.1, 0.15) is 0 Å². The second kappa shape index (κ2) is 5.50. The molecule has 1 aromatic rings. The van der Waals surface area contributed by atoms with Gasteiger partial charge in [-0.05, 0) is 31.0 Å². The minimum atomic E-state index is 0.257. The van der Waals surface area contributed by atoms with Gasteiger partial charge in [-0.15, -0.1) is 0 Å². The van der Waals surface area contributed by atoms with E-state index in [1.807, 2.05) is 6.07 Å². The summed E-state index contributed by atoms with van der Waals surface area (Å²) in [5, 5.41) is 12.8. The molecule has 1 N–H and O–H groups in total. The number of hydrogen-bond donors (Lipinski definition) is 1. The minimum absolute atomic E-state index is 0.257. The Kier molecular flexibility index (Phi) is 4.01. The Balaban J connectivity index is 1.97. The van der Waals surface area contributed by atoms with Gasteiger partial charge in [-0.1, -0.05) is 17.7 Å². The van der Waals surface area contributed by atoms with Crippen molar-refractivity contribution in [3.8, 4) is 6.07 Å². The second-order valence-electron chi connectivity index (χ2n) is 4.27. The Bertz CT molecular complexity index is 442. The lowest BCUT2D eigenvalue weighted by Gasteiger charge is -2.16. The van der Waals surface area contributed by atoms with Gasteiger partial charge in [0.2, 0.25) is 0 Å². The molecule has 1 fully saturated rings. The van der Waals surface area contributed by atoms with Crippen LogP contribution in [-0.4, -0.2) is 18.8 Å². The summed E-state index contributed by atoms with van der Waals surface area (Å²) in [6, 6.07) is 7.85. The van der Waals surface area contributed by atoms with Crippen molar-refractivity contribution in [1.82, 2.24) is 5.32 Å². The number of benzene rings is 1.